The number of benzene rings is 1. The van der Waals surface area contributed by atoms with E-state index < -0.39 is 17.4 Å². The molecule has 0 aliphatic rings. The Morgan fingerprint density at radius 3 is 2.54 bits per heavy atom. The van der Waals surface area contributed by atoms with Crippen LogP contribution in [0.2, 0.25) is 0 Å². The number of ketones is 1. The van der Waals surface area contributed by atoms with Crippen LogP contribution < -0.4 is 0 Å². The van der Waals surface area contributed by atoms with Gasteiger partial charge in [0.05, 0.1) is 10.0 Å². The molecule has 0 heterocycles. The van der Waals surface area contributed by atoms with Gasteiger partial charge in [-0.1, -0.05) is 6.92 Å². The number of hydrogen-bond donors (Lipinski definition) is 0. The first-order valence-corrected chi connectivity index (χ1v) is 4.53. The fourth-order valence-corrected chi connectivity index (χ4v) is 1.24. The Morgan fingerprint density at radius 1 is 1.38 bits per heavy atom. The molecule has 0 N–H and O–H groups in total. The lowest BCUT2D eigenvalue weighted by atomic mass is 10.1. The lowest BCUT2D eigenvalue weighted by Crippen LogP contribution is -2.01. The zero-order chi connectivity index (χ0) is 10.0. The zero-order valence-electron chi connectivity index (χ0n) is 6.90. The summed E-state index contributed by atoms with van der Waals surface area (Å²) in [7, 11) is 0. The number of carbonyl (C=O) groups is 1. The van der Waals surface area contributed by atoms with E-state index in [0.717, 1.165) is 12.1 Å². The summed E-state index contributed by atoms with van der Waals surface area (Å²) >= 11 is 2.82. The molecule has 13 heavy (non-hydrogen) atoms. The molecule has 0 aliphatic carbocycles. The van der Waals surface area contributed by atoms with Crippen molar-refractivity contribution < 1.29 is 13.6 Å². The number of hydrogen-bond acceptors (Lipinski definition) is 1. The van der Waals surface area contributed by atoms with Gasteiger partial charge in [-0.2, -0.15) is 0 Å². The van der Waals surface area contributed by atoms with Crippen LogP contribution in [0.5, 0.6) is 0 Å². The molecule has 1 aromatic rings. The third kappa shape index (κ3) is 2.12. The Morgan fingerprint density at radius 2 is 2.00 bits per heavy atom. The van der Waals surface area contributed by atoms with Gasteiger partial charge >= 0.3 is 0 Å². The second-order valence-corrected chi connectivity index (χ2v) is 3.38. The average molecular weight is 249 g/mol. The summed E-state index contributed by atoms with van der Waals surface area (Å²) < 4.78 is 26.0. The molecule has 0 aromatic heterocycles. The molecule has 0 spiro atoms. The fraction of sp³-hybridized carbons (Fsp3) is 0.222. The molecule has 0 atom stereocenters. The molecule has 0 aliphatic heterocycles. The van der Waals surface area contributed by atoms with Gasteiger partial charge in [-0.05, 0) is 28.1 Å². The SMILES string of the molecule is CCC(=O)c1cc(F)c(Br)cc1F. The Kier molecular flexibility index (Phi) is 3.14. The highest BCUT2D eigenvalue weighted by Gasteiger charge is 2.13. The summed E-state index contributed by atoms with van der Waals surface area (Å²) in [5, 5.41) is 0. The average Bonchev–Trinajstić information content (AvgIpc) is 2.10. The maximum absolute atomic E-state index is 13.1. The van der Waals surface area contributed by atoms with Crippen molar-refractivity contribution in [1.29, 1.82) is 0 Å². The van der Waals surface area contributed by atoms with Gasteiger partial charge in [-0.3, -0.25) is 4.79 Å². The lowest BCUT2D eigenvalue weighted by Gasteiger charge is -2.01. The minimum Gasteiger partial charge on any atom is -0.294 e. The second kappa shape index (κ2) is 3.96. The van der Waals surface area contributed by atoms with Gasteiger partial charge in [0.1, 0.15) is 11.6 Å². The monoisotopic (exact) mass is 248 g/mol. The van der Waals surface area contributed by atoms with Crippen LogP contribution in [0.25, 0.3) is 0 Å². The van der Waals surface area contributed by atoms with Gasteiger partial charge in [-0.25, -0.2) is 8.78 Å². The zero-order valence-corrected chi connectivity index (χ0v) is 8.49. The molecule has 4 heteroatoms. The summed E-state index contributed by atoms with van der Waals surface area (Å²) in [6, 6.07) is 1.86. The van der Waals surface area contributed by atoms with E-state index in [4.69, 9.17) is 0 Å². The van der Waals surface area contributed by atoms with Crippen LogP contribution >= 0.6 is 15.9 Å². The maximum atomic E-state index is 13.1. The Hall–Kier alpha value is -0.770. The fourth-order valence-electron chi connectivity index (χ4n) is 0.927. The molecular weight excluding hydrogens is 242 g/mol. The molecule has 0 saturated carbocycles. The van der Waals surface area contributed by atoms with Crippen molar-refractivity contribution in [1.82, 2.24) is 0 Å². The largest absolute Gasteiger partial charge is 0.294 e. The van der Waals surface area contributed by atoms with E-state index in [1.807, 2.05) is 0 Å². The summed E-state index contributed by atoms with van der Waals surface area (Å²) in [6.07, 6.45) is 0.165. The molecule has 0 fully saturated rings. The molecule has 0 radical (unpaired) electrons. The molecule has 0 saturated heterocycles. The number of rotatable bonds is 2. The van der Waals surface area contributed by atoms with Crippen molar-refractivity contribution in [3.63, 3.8) is 0 Å². The van der Waals surface area contributed by atoms with Crippen molar-refractivity contribution in [2.45, 2.75) is 13.3 Å². The van der Waals surface area contributed by atoms with Gasteiger partial charge in [0, 0.05) is 6.42 Å². The second-order valence-electron chi connectivity index (χ2n) is 2.52. The van der Waals surface area contributed by atoms with E-state index in [2.05, 4.69) is 15.9 Å². The van der Waals surface area contributed by atoms with E-state index in [1.165, 1.54) is 0 Å². The van der Waals surface area contributed by atoms with Crippen molar-refractivity contribution in [3.05, 3.63) is 33.8 Å². The van der Waals surface area contributed by atoms with E-state index in [1.54, 1.807) is 6.92 Å². The first-order valence-electron chi connectivity index (χ1n) is 3.74. The molecule has 1 aromatic carbocycles. The highest BCUT2D eigenvalue weighted by atomic mass is 79.9. The number of carbonyl (C=O) groups excluding carboxylic acids is 1. The predicted molar refractivity (Wildman–Crippen MR) is 48.7 cm³/mol. The van der Waals surface area contributed by atoms with Crippen LogP contribution in [0.3, 0.4) is 0 Å². The van der Waals surface area contributed by atoms with Gasteiger partial charge in [0.2, 0.25) is 0 Å². The highest BCUT2D eigenvalue weighted by molar-refractivity contribution is 9.10. The Labute approximate surface area is 82.9 Å². The minimum absolute atomic E-state index is 0.0256. The van der Waals surface area contributed by atoms with Gasteiger partial charge in [0.25, 0.3) is 0 Å². The van der Waals surface area contributed by atoms with E-state index in [0.29, 0.717) is 0 Å². The van der Waals surface area contributed by atoms with Crippen LogP contribution in [0.4, 0.5) is 8.78 Å². The van der Waals surface area contributed by atoms with Crippen molar-refractivity contribution in [3.8, 4) is 0 Å². The number of Topliss-reactive ketones (excluding diaryl/α,β-unsaturated/α-hetero) is 1. The number of halogens is 3. The topological polar surface area (TPSA) is 17.1 Å². The highest BCUT2D eigenvalue weighted by Crippen LogP contribution is 2.20. The van der Waals surface area contributed by atoms with Crippen LogP contribution in [0.15, 0.2) is 16.6 Å². The Balaban J connectivity index is 3.23. The molecule has 0 amide bonds. The summed E-state index contributed by atoms with van der Waals surface area (Å²) in [5.41, 5.74) is -0.191. The van der Waals surface area contributed by atoms with Crippen LogP contribution in [0.1, 0.15) is 23.7 Å². The van der Waals surface area contributed by atoms with Gasteiger partial charge in [0.15, 0.2) is 5.78 Å². The maximum Gasteiger partial charge on any atom is 0.165 e. The van der Waals surface area contributed by atoms with Crippen molar-refractivity contribution in [2.75, 3.05) is 0 Å². The third-order valence-electron chi connectivity index (χ3n) is 1.63. The van der Waals surface area contributed by atoms with Crippen LogP contribution in [-0.4, -0.2) is 5.78 Å². The molecule has 1 rings (SSSR count). The summed E-state index contributed by atoms with van der Waals surface area (Å²) in [4.78, 5) is 11.1. The van der Waals surface area contributed by atoms with Crippen molar-refractivity contribution >= 4 is 21.7 Å². The Bertz CT molecular complexity index is 350. The van der Waals surface area contributed by atoms with Crippen LogP contribution in [-0.2, 0) is 0 Å². The lowest BCUT2D eigenvalue weighted by molar-refractivity contribution is 0.0983. The van der Waals surface area contributed by atoms with E-state index >= 15 is 0 Å². The quantitative estimate of drug-likeness (QED) is 0.580. The third-order valence-corrected chi connectivity index (χ3v) is 2.24. The first-order chi connectivity index (χ1) is 6.06. The summed E-state index contributed by atoms with van der Waals surface area (Å²) in [6.45, 7) is 1.60. The van der Waals surface area contributed by atoms with Gasteiger partial charge in [-0.15, -0.1) is 0 Å². The smallest absolute Gasteiger partial charge is 0.165 e. The molecule has 70 valence electrons. The van der Waals surface area contributed by atoms with E-state index in [-0.39, 0.29) is 16.5 Å². The normalized spacial score (nSPS) is 10.2. The van der Waals surface area contributed by atoms with Crippen molar-refractivity contribution in [2.24, 2.45) is 0 Å². The van der Waals surface area contributed by atoms with Crippen LogP contribution in [0, 0.1) is 11.6 Å². The molecule has 1 nitrogen and oxygen atoms in total. The van der Waals surface area contributed by atoms with Gasteiger partial charge < -0.3 is 0 Å². The first kappa shape index (κ1) is 10.3. The molecule has 0 unspecified atom stereocenters. The molecule has 0 bridgehead atoms. The minimum atomic E-state index is -0.694. The predicted octanol–water partition coefficient (Wildman–Crippen LogP) is 3.32. The molecular formula is C9H7BrF2O. The summed E-state index contributed by atoms with van der Waals surface area (Å²) in [5.74, 6) is -1.72. The van der Waals surface area contributed by atoms with E-state index in [9.17, 15) is 13.6 Å². The standard InChI is InChI=1S/C9H7BrF2O/c1-2-9(13)5-3-8(12)6(10)4-7(5)11/h3-4H,2H2,1H3.